The summed E-state index contributed by atoms with van der Waals surface area (Å²) in [6, 6.07) is 6.64. The van der Waals surface area contributed by atoms with Gasteiger partial charge < -0.3 is 5.32 Å². The topological polar surface area (TPSA) is 24.4 Å². The van der Waals surface area contributed by atoms with Crippen molar-refractivity contribution in [1.82, 2.24) is 5.32 Å². The van der Waals surface area contributed by atoms with Gasteiger partial charge in [-0.2, -0.15) is 0 Å². The van der Waals surface area contributed by atoms with E-state index in [1.54, 1.807) is 0 Å². The van der Waals surface area contributed by atoms with Crippen LogP contribution in [0.15, 0.2) is 29.3 Å². The number of hydrogen-bond donors (Lipinski definition) is 1. The molecule has 0 saturated heterocycles. The molecule has 1 aromatic carbocycles. The van der Waals surface area contributed by atoms with Gasteiger partial charge in [0.15, 0.2) is 5.17 Å². The fourth-order valence-electron chi connectivity index (χ4n) is 3.04. The molecule has 108 valence electrons. The van der Waals surface area contributed by atoms with Crippen LogP contribution in [0.3, 0.4) is 0 Å². The highest BCUT2D eigenvalue weighted by atomic mass is 32.2. The second-order valence-corrected chi connectivity index (χ2v) is 6.91. The van der Waals surface area contributed by atoms with E-state index in [1.807, 2.05) is 23.9 Å². The van der Waals surface area contributed by atoms with Gasteiger partial charge in [0.25, 0.3) is 0 Å². The van der Waals surface area contributed by atoms with Gasteiger partial charge in [0.2, 0.25) is 0 Å². The normalized spacial score (nSPS) is 21.6. The van der Waals surface area contributed by atoms with Crippen molar-refractivity contribution in [1.29, 1.82) is 0 Å². The van der Waals surface area contributed by atoms with Crippen molar-refractivity contribution in [3.05, 3.63) is 35.6 Å². The van der Waals surface area contributed by atoms with Crippen molar-refractivity contribution >= 4 is 16.9 Å². The molecule has 0 aromatic heterocycles. The number of hydrogen-bond acceptors (Lipinski definition) is 3. The average Bonchev–Trinajstić information content (AvgIpc) is 2.49. The van der Waals surface area contributed by atoms with E-state index in [9.17, 15) is 4.39 Å². The average molecular weight is 292 g/mol. The van der Waals surface area contributed by atoms with Crippen LogP contribution in [0.2, 0.25) is 0 Å². The van der Waals surface area contributed by atoms with Gasteiger partial charge in [0, 0.05) is 18.8 Å². The Kier molecular flexibility index (Phi) is 4.29. The standard InChI is InChI=1S/C16H21FN2S/c17-14-6-4-13(5-7-14)10-18-15-19-11-16(12-20-15)8-2-1-3-9-16/h4-7H,1-3,8-12H2,(H,18,19). The van der Waals surface area contributed by atoms with Gasteiger partial charge in [-0.1, -0.05) is 43.2 Å². The van der Waals surface area contributed by atoms with Crippen molar-refractivity contribution in [3.63, 3.8) is 0 Å². The van der Waals surface area contributed by atoms with E-state index in [4.69, 9.17) is 4.99 Å². The Hall–Kier alpha value is -1.03. The predicted molar refractivity (Wildman–Crippen MR) is 83.5 cm³/mol. The molecule has 0 amide bonds. The number of rotatable bonds is 2. The lowest BCUT2D eigenvalue weighted by Crippen LogP contribution is -2.36. The van der Waals surface area contributed by atoms with E-state index in [1.165, 1.54) is 50.0 Å². The molecule has 1 heterocycles. The maximum atomic E-state index is 12.8. The van der Waals surface area contributed by atoms with Gasteiger partial charge in [-0.3, -0.25) is 4.99 Å². The van der Waals surface area contributed by atoms with Crippen LogP contribution < -0.4 is 5.32 Å². The Labute approximate surface area is 124 Å². The monoisotopic (exact) mass is 292 g/mol. The van der Waals surface area contributed by atoms with Crippen LogP contribution >= 0.6 is 11.8 Å². The molecule has 0 radical (unpaired) electrons. The van der Waals surface area contributed by atoms with Crippen LogP contribution in [0.1, 0.15) is 37.7 Å². The van der Waals surface area contributed by atoms with E-state index in [-0.39, 0.29) is 5.82 Å². The first kappa shape index (κ1) is 13.9. The highest BCUT2D eigenvalue weighted by molar-refractivity contribution is 8.13. The van der Waals surface area contributed by atoms with Crippen LogP contribution in [0, 0.1) is 11.2 Å². The number of nitrogens with one attached hydrogen (secondary N) is 1. The molecule has 1 spiro atoms. The van der Waals surface area contributed by atoms with E-state index in [2.05, 4.69) is 5.32 Å². The van der Waals surface area contributed by atoms with E-state index in [0.29, 0.717) is 5.41 Å². The highest BCUT2D eigenvalue weighted by Gasteiger charge is 2.34. The number of aliphatic imine (C=N–C) groups is 1. The molecule has 1 fully saturated rings. The number of nitrogens with zero attached hydrogens (tertiary/aromatic N) is 1. The Morgan fingerprint density at radius 3 is 2.55 bits per heavy atom. The smallest absolute Gasteiger partial charge is 0.156 e. The molecule has 2 nitrogen and oxygen atoms in total. The Morgan fingerprint density at radius 1 is 1.15 bits per heavy atom. The molecule has 0 atom stereocenters. The third kappa shape index (κ3) is 3.35. The van der Waals surface area contributed by atoms with Gasteiger partial charge in [-0.15, -0.1) is 0 Å². The summed E-state index contributed by atoms with van der Waals surface area (Å²) < 4.78 is 12.8. The molecule has 0 bridgehead atoms. The Morgan fingerprint density at radius 2 is 1.90 bits per heavy atom. The zero-order valence-electron chi connectivity index (χ0n) is 11.7. The van der Waals surface area contributed by atoms with Gasteiger partial charge in [-0.25, -0.2) is 4.39 Å². The molecule has 1 saturated carbocycles. The maximum absolute atomic E-state index is 12.8. The second kappa shape index (κ2) is 6.17. The van der Waals surface area contributed by atoms with Gasteiger partial charge >= 0.3 is 0 Å². The summed E-state index contributed by atoms with van der Waals surface area (Å²) in [5, 5.41) is 4.42. The van der Waals surface area contributed by atoms with Gasteiger partial charge in [0.05, 0.1) is 0 Å². The van der Waals surface area contributed by atoms with E-state index < -0.39 is 0 Å². The number of thioether (sulfide) groups is 1. The number of halogens is 1. The molecule has 0 unspecified atom stereocenters. The molecule has 3 rings (SSSR count). The van der Waals surface area contributed by atoms with E-state index in [0.717, 1.165) is 23.8 Å². The van der Waals surface area contributed by atoms with Crippen LogP contribution in [0.25, 0.3) is 0 Å². The summed E-state index contributed by atoms with van der Waals surface area (Å²) in [5.41, 5.74) is 1.57. The minimum atomic E-state index is -0.183. The van der Waals surface area contributed by atoms with Crippen molar-refractivity contribution < 1.29 is 4.39 Å². The lowest BCUT2D eigenvalue weighted by atomic mass is 9.75. The molecule has 4 heteroatoms. The molecule has 20 heavy (non-hydrogen) atoms. The molecule has 1 aromatic rings. The summed E-state index contributed by atoms with van der Waals surface area (Å²) in [6.45, 7) is 1.70. The first-order valence-corrected chi connectivity index (χ1v) is 8.40. The van der Waals surface area contributed by atoms with Crippen molar-refractivity contribution in [2.45, 2.75) is 38.6 Å². The minimum absolute atomic E-state index is 0.183. The first-order valence-electron chi connectivity index (χ1n) is 7.41. The molecular weight excluding hydrogens is 271 g/mol. The first-order chi connectivity index (χ1) is 9.76. The summed E-state index contributed by atoms with van der Waals surface area (Å²) in [6.07, 6.45) is 6.82. The number of amidine groups is 1. The van der Waals surface area contributed by atoms with Crippen molar-refractivity contribution in [3.8, 4) is 0 Å². The van der Waals surface area contributed by atoms with Crippen molar-refractivity contribution in [2.75, 3.05) is 12.3 Å². The van der Waals surface area contributed by atoms with Crippen molar-refractivity contribution in [2.24, 2.45) is 10.4 Å². The van der Waals surface area contributed by atoms with Crippen LogP contribution in [0.5, 0.6) is 0 Å². The zero-order chi connectivity index (χ0) is 13.8. The SMILES string of the molecule is Fc1ccc(CNC2=NCC3(CCCCC3)CS2)cc1. The zero-order valence-corrected chi connectivity index (χ0v) is 12.5. The number of benzene rings is 1. The lowest BCUT2D eigenvalue weighted by Gasteiger charge is -2.38. The molecule has 1 N–H and O–H groups in total. The third-order valence-electron chi connectivity index (χ3n) is 4.34. The van der Waals surface area contributed by atoms with Crippen LogP contribution in [0.4, 0.5) is 4.39 Å². The largest absolute Gasteiger partial charge is 0.361 e. The molecule has 2 aliphatic rings. The van der Waals surface area contributed by atoms with Gasteiger partial charge in [0.1, 0.15) is 5.82 Å². The summed E-state index contributed by atoms with van der Waals surface area (Å²) in [5.74, 6) is 1.01. The molecule has 1 aliphatic heterocycles. The Bertz CT molecular complexity index is 478. The van der Waals surface area contributed by atoms with E-state index >= 15 is 0 Å². The second-order valence-electron chi connectivity index (χ2n) is 5.95. The lowest BCUT2D eigenvalue weighted by molar-refractivity contribution is 0.232. The van der Waals surface area contributed by atoms with Crippen LogP contribution in [-0.2, 0) is 6.54 Å². The van der Waals surface area contributed by atoms with Crippen LogP contribution in [-0.4, -0.2) is 17.5 Å². The third-order valence-corrected chi connectivity index (χ3v) is 5.65. The predicted octanol–water partition coefficient (Wildman–Crippen LogP) is 3.97. The summed E-state index contributed by atoms with van der Waals surface area (Å²) in [7, 11) is 0. The Balaban J connectivity index is 1.53. The van der Waals surface area contributed by atoms with Gasteiger partial charge in [-0.05, 0) is 36.0 Å². The summed E-state index contributed by atoms with van der Waals surface area (Å²) >= 11 is 1.86. The highest BCUT2D eigenvalue weighted by Crippen LogP contribution is 2.41. The minimum Gasteiger partial charge on any atom is -0.361 e. The summed E-state index contributed by atoms with van der Waals surface area (Å²) in [4.78, 5) is 4.73. The molecule has 1 aliphatic carbocycles. The maximum Gasteiger partial charge on any atom is 0.156 e. The quantitative estimate of drug-likeness (QED) is 0.892. The fourth-order valence-corrected chi connectivity index (χ4v) is 4.20. The molecular formula is C16H21FN2S. The fraction of sp³-hybridized carbons (Fsp3) is 0.562.